The Labute approximate surface area is 91.1 Å². The Morgan fingerprint density at radius 3 is 2.86 bits per heavy atom. The Bertz CT molecular complexity index is 306. The summed E-state index contributed by atoms with van der Waals surface area (Å²) in [5.41, 5.74) is 6.27. The van der Waals surface area contributed by atoms with Gasteiger partial charge in [-0.05, 0) is 34.8 Å². The van der Waals surface area contributed by atoms with E-state index in [1.54, 1.807) is 18.2 Å². The molecule has 0 radical (unpaired) electrons. The fourth-order valence-electron chi connectivity index (χ4n) is 1.27. The third kappa shape index (κ3) is 2.77. The summed E-state index contributed by atoms with van der Waals surface area (Å²) >= 11 is 3.10. The predicted octanol–water partition coefficient (Wildman–Crippen LogP) is 2.36. The van der Waals surface area contributed by atoms with Gasteiger partial charge in [0.15, 0.2) is 0 Å². The summed E-state index contributed by atoms with van der Waals surface area (Å²) in [6.07, 6.45) is 1.18. The highest BCUT2D eigenvalue weighted by Crippen LogP contribution is 2.24. The summed E-state index contributed by atoms with van der Waals surface area (Å²) < 4.78 is 13.9. The summed E-state index contributed by atoms with van der Waals surface area (Å²) in [4.78, 5) is 0. The average Bonchev–Trinajstić information content (AvgIpc) is 2.18. The second-order valence-corrected chi connectivity index (χ2v) is 3.97. The van der Waals surface area contributed by atoms with E-state index < -0.39 is 0 Å². The average molecular weight is 262 g/mol. The minimum atomic E-state index is -0.348. The highest BCUT2D eigenvalue weighted by molar-refractivity contribution is 9.10. The fourth-order valence-corrected chi connectivity index (χ4v) is 1.66. The SMILES string of the molecule is N[C@H](CCCO)c1cccc(Br)c1F. The van der Waals surface area contributed by atoms with Crippen LogP contribution in [0.2, 0.25) is 0 Å². The topological polar surface area (TPSA) is 46.2 Å². The van der Waals surface area contributed by atoms with Crippen LogP contribution in [0.15, 0.2) is 22.7 Å². The third-order valence-corrected chi connectivity index (χ3v) is 2.67. The lowest BCUT2D eigenvalue weighted by Gasteiger charge is -2.12. The van der Waals surface area contributed by atoms with Gasteiger partial charge >= 0.3 is 0 Å². The molecule has 0 bridgehead atoms. The molecule has 1 aromatic rings. The van der Waals surface area contributed by atoms with Crippen molar-refractivity contribution < 1.29 is 9.50 Å². The van der Waals surface area contributed by atoms with Crippen LogP contribution in [0, 0.1) is 5.82 Å². The van der Waals surface area contributed by atoms with E-state index in [4.69, 9.17) is 10.8 Å². The zero-order valence-electron chi connectivity index (χ0n) is 7.71. The van der Waals surface area contributed by atoms with E-state index >= 15 is 0 Å². The lowest BCUT2D eigenvalue weighted by atomic mass is 10.0. The minimum absolute atomic E-state index is 0.0866. The van der Waals surface area contributed by atoms with Crippen molar-refractivity contribution in [3.05, 3.63) is 34.1 Å². The quantitative estimate of drug-likeness (QED) is 0.874. The van der Waals surface area contributed by atoms with Crippen molar-refractivity contribution in [2.45, 2.75) is 18.9 Å². The van der Waals surface area contributed by atoms with E-state index in [2.05, 4.69) is 15.9 Å². The first-order chi connectivity index (χ1) is 6.66. The van der Waals surface area contributed by atoms with Gasteiger partial charge in [-0.25, -0.2) is 4.39 Å². The maximum absolute atomic E-state index is 13.5. The molecule has 1 atom stereocenters. The number of aliphatic hydroxyl groups excluding tert-OH is 1. The number of halogens is 2. The van der Waals surface area contributed by atoms with E-state index in [0.29, 0.717) is 22.9 Å². The van der Waals surface area contributed by atoms with Crippen molar-refractivity contribution in [1.82, 2.24) is 0 Å². The van der Waals surface area contributed by atoms with Gasteiger partial charge < -0.3 is 10.8 Å². The van der Waals surface area contributed by atoms with E-state index in [0.717, 1.165) is 0 Å². The van der Waals surface area contributed by atoms with Gasteiger partial charge in [0.25, 0.3) is 0 Å². The molecule has 0 saturated heterocycles. The summed E-state index contributed by atoms with van der Waals surface area (Å²) in [5, 5.41) is 8.63. The Morgan fingerprint density at radius 2 is 2.21 bits per heavy atom. The maximum Gasteiger partial charge on any atom is 0.142 e. The molecule has 14 heavy (non-hydrogen) atoms. The number of nitrogens with two attached hydrogens (primary N) is 1. The second-order valence-electron chi connectivity index (χ2n) is 3.12. The van der Waals surface area contributed by atoms with E-state index in [1.807, 2.05) is 0 Å². The molecule has 0 fully saturated rings. The van der Waals surface area contributed by atoms with Crippen molar-refractivity contribution >= 4 is 15.9 Å². The van der Waals surface area contributed by atoms with Gasteiger partial charge in [-0.3, -0.25) is 0 Å². The Kier molecular flexibility index (Phi) is 4.51. The first kappa shape index (κ1) is 11.6. The molecule has 2 nitrogen and oxygen atoms in total. The number of aliphatic hydroxyl groups is 1. The van der Waals surface area contributed by atoms with Gasteiger partial charge in [-0.15, -0.1) is 0 Å². The van der Waals surface area contributed by atoms with E-state index in [-0.39, 0.29) is 18.5 Å². The highest BCUT2D eigenvalue weighted by atomic mass is 79.9. The molecule has 0 aliphatic heterocycles. The number of benzene rings is 1. The van der Waals surface area contributed by atoms with Gasteiger partial charge in [-0.1, -0.05) is 12.1 Å². The van der Waals surface area contributed by atoms with Crippen LogP contribution in [-0.4, -0.2) is 11.7 Å². The van der Waals surface area contributed by atoms with Crippen LogP contribution in [0.4, 0.5) is 4.39 Å². The summed E-state index contributed by atoms with van der Waals surface area (Å²) in [5.74, 6) is -0.307. The summed E-state index contributed by atoms with van der Waals surface area (Å²) in [6.45, 7) is 0.0866. The van der Waals surface area contributed by atoms with Gasteiger partial charge in [-0.2, -0.15) is 0 Å². The summed E-state index contributed by atoms with van der Waals surface area (Å²) in [7, 11) is 0. The van der Waals surface area contributed by atoms with Crippen LogP contribution in [0.1, 0.15) is 24.4 Å². The minimum Gasteiger partial charge on any atom is -0.396 e. The van der Waals surface area contributed by atoms with Crippen molar-refractivity contribution in [2.24, 2.45) is 5.73 Å². The lowest BCUT2D eigenvalue weighted by Crippen LogP contribution is -2.12. The largest absolute Gasteiger partial charge is 0.396 e. The van der Waals surface area contributed by atoms with Crippen LogP contribution in [0.25, 0.3) is 0 Å². The van der Waals surface area contributed by atoms with Gasteiger partial charge in [0.05, 0.1) is 4.47 Å². The monoisotopic (exact) mass is 261 g/mol. The second kappa shape index (κ2) is 5.44. The third-order valence-electron chi connectivity index (χ3n) is 2.05. The van der Waals surface area contributed by atoms with E-state index in [9.17, 15) is 4.39 Å². The van der Waals surface area contributed by atoms with Crippen molar-refractivity contribution in [2.75, 3.05) is 6.61 Å². The zero-order chi connectivity index (χ0) is 10.6. The van der Waals surface area contributed by atoms with Gasteiger partial charge in [0, 0.05) is 18.2 Å². The Morgan fingerprint density at radius 1 is 1.50 bits per heavy atom. The molecule has 0 spiro atoms. The van der Waals surface area contributed by atoms with Crippen LogP contribution in [0.3, 0.4) is 0 Å². The normalized spacial score (nSPS) is 12.9. The van der Waals surface area contributed by atoms with Crippen LogP contribution < -0.4 is 5.73 Å². The van der Waals surface area contributed by atoms with Gasteiger partial charge in [0.1, 0.15) is 5.82 Å². The molecule has 0 heterocycles. The standard InChI is InChI=1S/C10H13BrFNO/c11-8-4-1-3-7(10(8)12)9(13)5-2-6-14/h1,3-4,9,14H,2,5-6,13H2/t9-/m1/s1. The van der Waals surface area contributed by atoms with Gasteiger partial charge in [0.2, 0.25) is 0 Å². The van der Waals surface area contributed by atoms with Crippen LogP contribution in [-0.2, 0) is 0 Å². The summed E-state index contributed by atoms with van der Waals surface area (Å²) in [6, 6.07) is 4.71. The molecular formula is C10H13BrFNO. The molecular weight excluding hydrogens is 249 g/mol. The molecule has 1 aromatic carbocycles. The van der Waals surface area contributed by atoms with Crippen molar-refractivity contribution in [3.8, 4) is 0 Å². The van der Waals surface area contributed by atoms with Crippen LogP contribution >= 0.6 is 15.9 Å². The Hall–Kier alpha value is -0.450. The first-order valence-electron chi connectivity index (χ1n) is 4.47. The number of hydrogen-bond donors (Lipinski definition) is 2. The number of rotatable bonds is 4. The molecule has 0 saturated carbocycles. The highest BCUT2D eigenvalue weighted by Gasteiger charge is 2.12. The fraction of sp³-hybridized carbons (Fsp3) is 0.400. The molecule has 1 rings (SSSR count). The smallest absolute Gasteiger partial charge is 0.142 e. The molecule has 0 unspecified atom stereocenters. The van der Waals surface area contributed by atoms with Crippen molar-refractivity contribution in [1.29, 1.82) is 0 Å². The zero-order valence-corrected chi connectivity index (χ0v) is 9.30. The maximum atomic E-state index is 13.5. The predicted molar refractivity (Wildman–Crippen MR) is 57.3 cm³/mol. The molecule has 4 heteroatoms. The molecule has 0 aliphatic rings. The molecule has 0 amide bonds. The van der Waals surface area contributed by atoms with Crippen LogP contribution in [0.5, 0.6) is 0 Å². The molecule has 0 aromatic heterocycles. The van der Waals surface area contributed by atoms with Crippen molar-refractivity contribution in [3.63, 3.8) is 0 Å². The molecule has 0 aliphatic carbocycles. The van der Waals surface area contributed by atoms with E-state index in [1.165, 1.54) is 0 Å². The lowest BCUT2D eigenvalue weighted by molar-refractivity contribution is 0.279. The number of hydrogen-bond acceptors (Lipinski definition) is 2. The first-order valence-corrected chi connectivity index (χ1v) is 5.26. The Balaban J connectivity index is 2.79. The molecule has 3 N–H and O–H groups in total. The molecule has 78 valence electrons.